The Balaban J connectivity index is 1.54. The SMILES string of the molecule is Cc1ccc(-c2nn(-c3ccccc3)cc2/C=C2\SC(=S)N([C@@H](C)c3ccccc3)C2=O)cc1. The van der Waals surface area contributed by atoms with Gasteiger partial charge >= 0.3 is 0 Å². The lowest BCUT2D eigenvalue weighted by molar-refractivity contribution is -0.123. The second-order valence-electron chi connectivity index (χ2n) is 8.22. The molecule has 0 unspecified atom stereocenters. The first-order valence-corrected chi connectivity index (χ1v) is 12.3. The van der Waals surface area contributed by atoms with Crippen molar-refractivity contribution in [3.8, 4) is 16.9 Å². The molecule has 1 aliphatic rings. The van der Waals surface area contributed by atoms with E-state index in [0.717, 1.165) is 28.1 Å². The van der Waals surface area contributed by atoms with Gasteiger partial charge in [0.2, 0.25) is 0 Å². The summed E-state index contributed by atoms with van der Waals surface area (Å²) in [7, 11) is 0. The fraction of sp³-hybridized carbons (Fsp3) is 0.107. The Morgan fingerprint density at radius 1 is 0.941 bits per heavy atom. The van der Waals surface area contributed by atoms with Crippen molar-refractivity contribution in [3.05, 3.63) is 113 Å². The Kier molecular flexibility index (Phi) is 6.18. The molecular weight excluding hydrogens is 458 g/mol. The average Bonchev–Trinajstić information content (AvgIpc) is 3.41. The Morgan fingerprint density at radius 3 is 2.26 bits per heavy atom. The highest BCUT2D eigenvalue weighted by Gasteiger charge is 2.36. The Hall–Kier alpha value is -3.48. The number of aromatic nitrogens is 2. The highest BCUT2D eigenvalue weighted by atomic mass is 32.2. The summed E-state index contributed by atoms with van der Waals surface area (Å²) in [6, 6.07) is 28.1. The molecule has 0 saturated carbocycles. The number of benzene rings is 3. The van der Waals surface area contributed by atoms with Gasteiger partial charge in [0, 0.05) is 17.3 Å². The lowest BCUT2D eigenvalue weighted by Crippen LogP contribution is -2.30. The largest absolute Gasteiger partial charge is 0.286 e. The van der Waals surface area contributed by atoms with Crippen LogP contribution >= 0.6 is 24.0 Å². The molecule has 6 heteroatoms. The van der Waals surface area contributed by atoms with E-state index in [2.05, 4.69) is 31.2 Å². The van der Waals surface area contributed by atoms with Crippen molar-refractivity contribution in [2.75, 3.05) is 0 Å². The molecule has 1 amide bonds. The number of carbonyl (C=O) groups is 1. The average molecular weight is 482 g/mol. The fourth-order valence-electron chi connectivity index (χ4n) is 3.98. The van der Waals surface area contributed by atoms with Crippen LogP contribution in [0.2, 0.25) is 0 Å². The molecule has 1 fully saturated rings. The molecule has 3 aromatic carbocycles. The summed E-state index contributed by atoms with van der Waals surface area (Å²) in [6.07, 6.45) is 3.89. The van der Waals surface area contributed by atoms with E-state index in [4.69, 9.17) is 17.3 Å². The van der Waals surface area contributed by atoms with E-state index in [-0.39, 0.29) is 11.9 Å². The number of thioether (sulfide) groups is 1. The molecule has 2 heterocycles. The maximum atomic E-state index is 13.4. The third-order valence-corrected chi connectivity index (χ3v) is 7.20. The van der Waals surface area contributed by atoms with Crippen LogP contribution in [0.4, 0.5) is 0 Å². The van der Waals surface area contributed by atoms with Gasteiger partial charge < -0.3 is 0 Å². The number of aryl methyl sites for hydroxylation is 1. The van der Waals surface area contributed by atoms with E-state index in [0.29, 0.717) is 9.23 Å². The third kappa shape index (κ3) is 4.34. The number of para-hydroxylation sites is 1. The van der Waals surface area contributed by atoms with Crippen LogP contribution in [-0.2, 0) is 4.79 Å². The van der Waals surface area contributed by atoms with Crippen molar-refractivity contribution in [2.24, 2.45) is 0 Å². The van der Waals surface area contributed by atoms with Gasteiger partial charge in [-0.3, -0.25) is 9.69 Å². The van der Waals surface area contributed by atoms with Crippen molar-refractivity contribution < 1.29 is 4.79 Å². The lowest BCUT2D eigenvalue weighted by Gasteiger charge is -2.23. The molecule has 4 aromatic rings. The van der Waals surface area contributed by atoms with Gasteiger partial charge in [-0.05, 0) is 37.6 Å². The van der Waals surface area contributed by atoms with E-state index < -0.39 is 0 Å². The number of hydrogen-bond acceptors (Lipinski definition) is 4. The minimum absolute atomic E-state index is 0.0753. The topological polar surface area (TPSA) is 38.1 Å². The molecule has 4 nitrogen and oxygen atoms in total. The molecule has 5 rings (SSSR count). The molecule has 1 aliphatic heterocycles. The van der Waals surface area contributed by atoms with Crippen LogP contribution < -0.4 is 0 Å². The van der Waals surface area contributed by atoms with Crippen LogP contribution in [-0.4, -0.2) is 24.9 Å². The summed E-state index contributed by atoms with van der Waals surface area (Å²) in [5.74, 6) is -0.0753. The zero-order chi connectivity index (χ0) is 23.7. The number of amides is 1. The summed E-state index contributed by atoms with van der Waals surface area (Å²) in [4.78, 5) is 15.7. The fourth-order valence-corrected chi connectivity index (χ4v) is 5.39. The zero-order valence-corrected chi connectivity index (χ0v) is 20.5. The monoisotopic (exact) mass is 481 g/mol. The standard InChI is InChI=1S/C28H23N3OS2/c1-19-13-15-22(16-14-19)26-23(18-30(29-26)24-11-7-4-8-12-24)17-25-27(32)31(28(33)34-25)20(2)21-9-5-3-6-10-21/h3-18,20H,1-2H3/b25-17-/t20-/m0/s1. The zero-order valence-electron chi connectivity index (χ0n) is 18.9. The van der Waals surface area contributed by atoms with E-state index >= 15 is 0 Å². The van der Waals surface area contributed by atoms with Crippen molar-refractivity contribution in [3.63, 3.8) is 0 Å². The van der Waals surface area contributed by atoms with Crippen LogP contribution in [0, 0.1) is 6.92 Å². The Bertz CT molecular complexity index is 1380. The van der Waals surface area contributed by atoms with E-state index in [9.17, 15) is 4.79 Å². The molecule has 0 aliphatic carbocycles. The Labute approximate surface area is 208 Å². The second kappa shape index (κ2) is 9.41. The summed E-state index contributed by atoms with van der Waals surface area (Å²) in [5, 5.41) is 4.87. The van der Waals surface area contributed by atoms with Crippen LogP contribution in [0.15, 0.2) is 96.0 Å². The van der Waals surface area contributed by atoms with Gasteiger partial charge in [0.25, 0.3) is 5.91 Å². The number of carbonyl (C=O) groups excluding carboxylic acids is 1. The van der Waals surface area contributed by atoms with Gasteiger partial charge in [-0.15, -0.1) is 0 Å². The highest BCUT2D eigenvalue weighted by Crippen LogP contribution is 2.39. The minimum Gasteiger partial charge on any atom is -0.286 e. The van der Waals surface area contributed by atoms with E-state index in [1.54, 1.807) is 4.90 Å². The van der Waals surface area contributed by atoms with Gasteiger partial charge in [0.1, 0.15) is 4.32 Å². The Morgan fingerprint density at radius 2 is 1.59 bits per heavy atom. The molecule has 34 heavy (non-hydrogen) atoms. The normalized spacial score (nSPS) is 15.8. The first-order valence-electron chi connectivity index (χ1n) is 11.1. The maximum Gasteiger partial charge on any atom is 0.266 e. The van der Waals surface area contributed by atoms with Gasteiger partial charge in [-0.2, -0.15) is 5.10 Å². The molecule has 0 N–H and O–H groups in total. The van der Waals surface area contributed by atoms with Gasteiger partial charge in [0.15, 0.2) is 0 Å². The van der Waals surface area contributed by atoms with Crippen molar-refractivity contribution in [2.45, 2.75) is 19.9 Å². The predicted octanol–water partition coefficient (Wildman–Crippen LogP) is 6.81. The maximum absolute atomic E-state index is 13.4. The third-order valence-electron chi connectivity index (χ3n) is 5.87. The van der Waals surface area contributed by atoms with Gasteiger partial charge in [-0.1, -0.05) is 102 Å². The number of hydrogen-bond donors (Lipinski definition) is 0. The number of rotatable bonds is 5. The van der Waals surface area contributed by atoms with Crippen molar-refractivity contribution in [1.82, 2.24) is 14.7 Å². The smallest absolute Gasteiger partial charge is 0.266 e. The summed E-state index contributed by atoms with van der Waals surface area (Å²) < 4.78 is 2.42. The lowest BCUT2D eigenvalue weighted by atomic mass is 10.1. The van der Waals surface area contributed by atoms with Crippen LogP contribution in [0.5, 0.6) is 0 Å². The molecule has 0 bridgehead atoms. The molecule has 168 valence electrons. The van der Waals surface area contributed by atoms with E-state index in [1.165, 1.54) is 17.3 Å². The van der Waals surface area contributed by atoms with Crippen LogP contribution in [0.3, 0.4) is 0 Å². The van der Waals surface area contributed by atoms with Gasteiger partial charge in [-0.25, -0.2) is 4.68 Å². The number of nitrogens with zero attached hydrogens (tertiary/aromatic N) is 3. The molecule has 0 spiro atoms. The van der Waals surface area contributed by atoms with Gasteiger partial charge in [0.05, 0.1) is 22.3 Å². The molecule has 1 aromatic heterocycles. The first kappa shape index (κ1) is 22.3. The quantitative estimate of drug-likeness (QED) is 0.232. The second-order valence-corrected chi connectivity index (χ2v) is 9.89. The first-order chi connectivity index (χ1) is 16.5. The van der Waals surface area contributed by atoms with E-state index in [1.807, 2.05) is 84.5 Å². The predicted molar refractivity (Wildman–Crippen MR) is 144 cm³/mol. The minimum atomic E-state index is -0.136. The van der Waals surface area contributed by atoms with Crippen LogP contribution in [0.1, 0.15) is 29.7 Å². The highest BCUT2D eigenvalue weighted by molar-refractivity contribution is 8.26. The molecule has 0 radical (unpaired) electrons. The van der Waals surface area contributed by atoms with Crippen LogP contribution in [0.25, 0.3) is 23.0 Å². The summed E-state index contributed by atoms with van der Waals surface area (Å²) >= 11 is 6.96. The van der Waals surface area contributed by atoms with Crippen molar-refractivity contribution in [1.29, 1.82) is 0 Å². The summed E-state index contributed by atoms with van der Waals surface area (Å²) in [5.41, 5.74) is 5.90. The summed E-state index contributed by atoms with van der Waals surface area (Å²) in [6.45, 7) is 4.07. The molecule has 1 saturated heterocycles. The number of thiocarbonyl (C=S) groups is 1. The molecule has 1 atom stereocenters. The van der Waals surface area contributed by atoms with Crippen molar-refractivity contribution >= 4 is 40.3 Å². The molecular formula is C28H23N3OS2.